The van der Waals surface area contributed by atoms with E-state index in [0.717, 1.165) is 23.4 Å². The summed E-state index contributed by atoms with van der Waals surface area (Å²) in [6.45, 7) is 5.04. The number of hydrogen-bond donors (Lipinski definition) is 0. The Bertz CT molecular complexity index is 2210. The summed E-state index contributed by atoms with van der Waals surface area (Å²) in [6, 6.07) is 19.9. The van der Waals surface area contributed by atoms with Crippen molar-refractivity contribution in [3.8, 4) is 40.4 Å². The van der Waals surface area contributed by atoms with E-state index in [9.17, 15) is 4.39 Å². The molecule has 0 bridgehead atoms. The first-order valence-corrected chi connectivity index (χ1v) is 16.7. The van der Waals surface area contributed by atoms with Gasteiger partial charge in [-0.3, -0.25) is 0 Å². The Hall–Kier alpha value is -5.40. The maximum atomic E-state index is 15.8. The summed E-state index contributed by atoms with van der Waals surface area (Å²) in [5.74, 6) is 0.215. The highest BCUT2D eigenvalue weighted by Gasteiger charge is 2.40. The number of benzene rings is 3. The smallest absolute Gasteiger partial charge is 0.255 e. The van der Waals surface area contributed by atoms with Crippen molar-refractivity contribution in [1.82, 2.24) is 24.9 Å². The average Bonchev–Trinajstić information content (AvgIpc) is 3.86. The van der Waals surface area contributed by atoms with Crippen LogP contribution in [0.25, 0.3) is 22.8 Å². The Balaban J connectivity index is 1.12. The predicted molar refractivity (Wildman–Crippen MR) is 185 cm³/mol. The van der Waals surface area contributed by atoms with Crippen LogP contribution in [0.4, 0.5) is 13.2 Å². The summed E-state index contributed by atoms with van der Waals surface area (Å²) in [5, 5.41) is 13.1. The molecule has 268 valence electrons. The molecule has 0 aliphatic carbocycles. The van der Waals surface area contributed by atoms with E-state index in [1.54, 1.807) is 31.4 Å². The normalized spacial score (nSPS) is 15.2. The maximum Gasteiger partial charge on any atom is 0.255 e. The van der Waals surface area contributed by atoms with Crippen molar-refractivity contribution in [2.45, 2.75) is 39.5 Å². The minimum absolute atomic E-state index is 0.0601. The lowest BCUT2D eigenvalue weighted by molar-refractivity contribution is 0.166. The van der Waals surface area contributed by atoms with E-state index in [2.05, 4.69) is 20.3 Å². The zero-order valence-electron chi connectivity index (χ0n) is 28.4. The number of nitrogens with zero attached hydrogens (tertiary/aromatic N) is 5. The number of methoxy groups -OCH3 is 1. The Morgan fingerprint density at radius 3 is 2.40 bits per heavy atom. The maximum absolute atomic E-state index is 15.8. The van der Waals surface area contributed by atoms with Crippen LogP contribution in [0, 0.1) is 22.9 Å². The molecule has 6 aromatic rings. The topological polar surface area (TPSA) is 107 Å². The molecule has 3 aromatic carbocycles. The molecule has 3 aromatic heterocycles. The van der Waals surface area contributed by atoms with E-state index < -0.39 is 17.5 Å². The first kappa shape index (κ1) is 35.0. The van der Waals surface area contributed by atoms with Crippen molar-refractivity contribution in [3.05, 3.63) is 124 Å². The molecule has 0 spiro atoms. The largest absolute Gasteiger partial charge is 0.497 e. The standard InChI is InChI=1S/C38H33ClF3N5O5/c1-38(2)21-49-20-33(38)47-34(44-45-37(47)32-17-36(46-52-32)50-18-22-7-11-26(48-3)12-8-22)14-24-13-30(42)27(16-29(24)41)31-5-4-6-35(43-31)51-19-23-9-10-25(39)15-28(23)40/h4-13,15-17,33H,14,18-21H2,1-3H3/t33-/m1/s1. The summed E-state index contributed by atoms with van der Waals surface area (Å²) >= 11 is 5.83. The second kappa shape index (κ2) is 14.7. The van der Waals surface area contributed by atoms with E-state index in [0.29, 0.717) is 30.6 Å². The van der Waals surface area contributed by atoms with E-state index in [1.807, 2.05) is 42.7 Å². The van der Waals surface area contributed by atoms with Crippen LogP contribution in [0.2, 0.25) is 5.02 Å². The summed E-state index contributed by atoms with van der Waals surface area (Å²) in [7, 11) is 1.60. The number of rotatable bonds is 12. The second-order valence-corrected chi connectivity index (χ2v) is 13.4. The van der Waals surface area contributed by atoms with Gasteiger partial charge in [0.15, 0.2) is 0 Å². The fourth-order valence-corrected chi connectivity index (χ4v) is 6.12. The number of ether oxygens (including phenoxy) is 4. The van der Waals surface area contributed by atoms with Crippen molar-refractivity contribution >= 4 is 11.6 Å². The predicted octanol–water partition coefficient (Wildman–Crippen LogP) is 8.42. The van der Waals surface area contributed by atoms with Gasteiger partial charge in [0.2, 0.25) is 17.5 Å². The third-order valence-corrected chi connectivity index (χ3v) is 9.09. The van der Waals surface area contributed by atoms with E-state index >= 15 is 8.78 Å². The molecule has 0 saturated carbocycles. The summed E-state index contributed by atoms with van der Waals surface area (Å²) < 4.78 is 75.8. The van der Waals surface area contributed by atoms with Crippen LogP contribution in [-0.4, -0.2) is 45.2 Å². The zero-order chi connectivity index (χ0) is 36.4. The SMILES string of the molecule is COc1ccc(COc2cc(-c3nnc(Cc4cc(F)c(-c5cccc(OCc6ccc(Cl)cc6F)n5)cc4F)n3[C@@H]3COCC3(C)C)on2)cc1. The highest BCUT2D eigenvalue weighted by Crippen LogP contribution is 2.41. The van der Waals surface area contributed by atoms with Crippen LogP contribution in [0.3, 0.4) is 0 Å². The molecule has 4 heterocycles. The molecule has 7 rings (SSSR count). The van der Waals surface area contributed by atoms with Crippen molar-refractivity contribution in [1.29, 1.82) is 0 Å². The molecule has 1 saturated heterocycles. The van der Waals surface area contributed by atoms with Crippen molar-refractivity contribution in [2.24, 2.45) is 5.41 Å². The summed E-state index contributed by atoms with van der Waals surface area (Å²) in [6.07, 6.45) is -0.0825. The van der Waals surface area contributed by atoms with E-state index in [-0.39, 0.29) is 70.3 Å². The van der Waals surface area contributed by atoms with Gasteiger partial charge in [-0.15, -0.1) is 10.2 Å². The van der Waals surface area contributed by atoms with Gasteiger partial charge in [0.1, 0.15) is 42.2 Å². The molecule has 0 unspecified atom stereocenters. The average molecular weight is 732 g/mol. The lowest BCUT2D eigenvalue weighted by atomic mass is 9.87. The first-order chi connectivity index (χ1) is 25.1. The highest BCUT2D eigenvalue weighted by atomic mass is 35.5. The molecule has 0 N–H and O–H groups in total. The Morgan fingerprint density at radius 1 is 0.865 bits per heavy atom. The zero-order valence-corrected chi connectivity index (χ0v) is 29.2. The van der Waals surface area contributed by atoms with E-state index in [4.69, 9.17) is 35.1 Å². The number of aromatic nitrogens is 5. The van der Waals surface area contributed by atoms with Gasteiger partial charge < -0.3 is 28.0 Å². The molecule has 1 atom stereocenters. The number of hydrogen-bond acceptors (Lipinski definition) is 9. The van der Waals surface area contributed by atoms with Crippen molar-refractivity contribution in [3.63, 3.8) is 0 Å². The Kier molecular flexibility index (Phi) is 9.89. The van der Waals surface area contributed by atoms with E-state index in [1.165, 1.54) is 18.2 Å². The van der Waals surface area contributed by atoms with Gasteiger partial charge in [-0.2, -0.15) is 0 Å². The number of halogens is 4. The number of pyridine rings is 1. The first-order valence-electron chi connectivity index (χ1n) is 16.3. The second-order valence-electron chi connectivity index (χ2n) is 13.0. The third kappa shape index (κ3) is 7.46. The fraction of sp³-hybridized carbons (Fsp3) is 0.263. The van der Waals surface area contributed by atoms with Gasteiger partial charge in [0.25, 0.3) is 5.88 Å². The lowest BCUT2D eigenvalue weighted by Gasteiger charge is -2.27. The van der Waals surface area contributed by atoms with Crippen molar-refractivity contribution < 1.29 is 36.6 Å². The molecule has 1 aliphatic heterocycles. The van der Waals surface area contributed by atoms with Crippen LogP contribution in [0.5, 0.6) is 17.5 Å². The molecule has 52 heavy (non-hydrogen) atoms. The molecule has 10 nitrogen and oxygen atoms in total. The van der Waals surface area contributed by atoms with Crippen LogP contribution < -0.4 is 14.2 Å². The molecule has 1 aliphatic rings. The van der Waals surface area contributed by atoms with Crippen LogP contribution >= 0.6 is 11.6 Å². The highest BCUT2D eigenvalue weighted by molar-refractivity contribution is 6.30. The minimum Gasteiger partial charge on any atom is -0.497 e. The fourth-order valence-electron chi connectivity index (χ4n) is 5.96. The van der Waals surface area contributed by atoms with Gasteiger partial charge in [-0.05, 0) is 58.7 Å². The van der Waals surface area contributed by atoms with Gasteiger partial charge >= 0.3 is 0 Å². The molecule has 1 fully saturated rings. The minimum atomic E-state index is -0.700. The van der Waals surface area contributed by atoms with Gasteiger partial charge in [-0.25, -0.2) is 18.2 Å². The Morgan fingerprint density at radius 2 is 1.65 bits per heavy atom. The molecule has 14 heteroatoms. The van der Waals surface area contributed by atoms with Crippen LogP contribution in [0.1, 0.15) is 42.4 Å². The van der Waals surface area contributed by atoms with Crippen LogP contribution in [0.15, 0.2) is 83.4 Å². The van der Waals surface area contributed by atoms with Gasteiger partial charge in [-0.1, -0.05) is 49.7 Å². The monoisotopic (exact) mass is 731 g/mol. The quantitative estimate of drug-likeness (QED) is 0.123. The Labute approximate surface area is 302 Å². The van der Waals surface area contributed by atoms with Gasteiger partial charge in [0, 0.05) is 34.1 Å². The molecular weight excluding hydrogens is 699 g/mol. The molecule has 0 amide bonds. The summed E-state index contributed by atoms with van der Waals surface area (Å²) in [4.78, 5) is 4.33. The summed E-state index contributed by atoms with van der Waals surface area (Å²) in [5.41, 5.74) is 0.964. The molecular formula is C38H33ClF3N5O5. The lowest BCUT2D eigenvalue weighted by Crippen LogP contribution is -2.27. The van der Waals surface area contributed by atoms with Crippen molar-refractivity contribution in [2.75, 3.05) is 20.3 Å². The third-order valence-electron chi connectivity index (χ3n) is 8.86. The van der Waals surface area contributed by atoms with Crippen LogP contribution in [-0.2, 0) is 24.4 Å². The molecule has 0 radical (unpaired) electrons. The van der Waals surface area contributed by atoms with Gasteiger partial charge in [0.05, 0.1) is 38.1 Å².